The molecule has 16 heavy (non-hydrogen) atoms. The second-order valence-corrected chi connectivity index (χ2v) is 4.04. The molecule has 2 heterocycles. The van der Waals surface area contributed by atoms with E-state index in [0.717, 1.165) is 24.6 Å². The minimum Gasteiger partial charge on any atom is -0.480 e. The zero-order valence-electron chi connectivity index (χ0n) is 9.27. The first kappa shape index (κ1) is 11.2. The lowest BCUT2D eigenvalue weighted by molar-refractivity contribution is -0.144. The number of hydrogen-bond acceptors (Lipinski definition) is 4. The molecule has 2 N–H and O–H groups in total. The summed E-state index contributed by atoms with van der Waals surface area (Å²) in [7, 11) is 0. The average molecular weight is 224 g/mol. The highest BCUT2D eigenvalue weighted by Crippen LogP contribution is 2.13. The Kier molecular flexibility index (Phi) is 3.26. The largest absolute Gasteiger partial charge is 0.480 e. The van der Waals surface area contributed by atoms with Crippen molar-refractivity contribution in [2.45, 2.75) is 19.5 Å². The highest BCUT2D eigenvalue weighted by molar-refractivity contribution is 5.73. The average Bonchev–Trinajstić information content (AvgIpc) is 2.64. The van der Waals surface area contributed by atoms with Crippen LogP contribution in [-0.2, 0) is 11.3 Å². The number of rotatable bonds is 3. The molecule has 2 rings (SSSR count). The van der Waals surface area contributed by atoms with Gasteiger partial charge in [0.05, 0.1) is 6.54 Å². The van der Waals surface area contributed by atoms with Crippen LogP contribution in [0.1, 0.15) is 11.5 Å². The summed E-state index contributed by atoms with van der Waals surface area (Å²) in [6, 6.07) is 3.34. The van der Waals surface area contributed by atoms with Crippen molar-refractivity contribution in [3.63, 3.8) is 0 Å². The van der Waals surface area contributed by atoms with Gasteiger partial charge in [-0.3, -0.25) is 9.69 Å². The van der Waals surface area contributed by atoms with Crippen molar-refractivity contribution in [2.24, 2.45) is 0 Å². The maximum atomic E-state index is 11.0. The number of piperazine rings is 1. The third-order valence-electron chi connectivity index (χ3n) is 2.79. The first-order valence-corrected chi connectivity index (χ1v) is 5.39. The summed E-state index contributed by atoms with van der Waals surface area (Å²) in [4.78, 5) is 13.0. The number of nitrogens with one attached hydrogen (secondary N) is 1. The smallest absolute Gasteiger partial charge is 0.322 e. The van der Waals surface area contributed by atoms with Crippen molar-refractivity contribution in [1.82, 2.24) is 10.2 Å². The Morgan fingerprint density at radius 3 is 3.12 bits per heavy atom. The normalized spacial score (nSPS) is 22.2. The molecular formula is C11H16N2O3. The quantitative estimate of drug-likeness (QED) is 0.780. The third-order valence-corrected chi connectivity index (χ3v) is 2.79. The van der Waals surface area contributed by atoms with E-state index >= 15 is 0 Å². The van der Waals surface area contributed by atoms with Gasteiger partial charge in [-0.2, -0.15) is 0 Å². The van der Waals surface area contributed by atoms with E-state index in [1.54, 1.807) is 0 Å². The van der Waals surface area contributed by atoms with Gasteiger partial charge in [0, 0.05) is 19.6 Å². The summed E-state index contributed by atoms with van der Waals surface area (Å²) in [6.45, 7) is 4.50. The lowest BCUT2D eigenvalue weighted by Crippen LogP contribution is -2.54. The van der Waals surface area contributed by atoms with E-state index in [0.29, 0.717) is 13.1 Å². The molecule has 1 unspecified atom stereocenters. The van der Waals surface area contributed by atoms with Crippen molar-refractivity contribution < 1.29 is 14.3 Å². The molecule has 1 aliphatic rings. The minimum absolute atomic E-state index is 0.459. The second-order valence-electron chi connectivity index (χ2n) is 4.04. The molecule has 1 saturated heterocycles. The molecule has 0 bridgehead atoms. The van der Waals surface area contributed by atoms with Gasteiger partial charge < -0.3 is 14.8 Å². The van der Waals surface area contributed by atoms with Crippen LogP contribution < -0.4 is 5.32 Å². The molecular weight excluding hydrogens is 208 g/mol. The first-order chi connectivity index (χ1) is 7.66. The van der Waals surface area contributed by atoms with Gasteiger partial charge in [-0.25, -0.2) is 0 Å². The number of nitrogens with zero attached hydrogens (tertiary/aromatic N) is 1. The van der Waals surface area contributed by atoms with Crippen LogP contribution in [0.25, 0.3) is 0 Å². The topological polar surface area (TPSA) is 65.7 Å². The van der Waals surface area contributed by atoms with E-state index in [4.69, 9.17) is 9.52 Å². The lowest BCUT2D eigenvalue weighted by atomic mass is 10.2. The van der Waals surface area contributed by atoms with Gasteiger partial charge in [-0.15, -0.1) is 0 Å². The molecule has 88 valence electrons. The summed E-state index contributed by atoms with van der Waals surface area (Å²) in [6.07, 6.45) is 0. The van der Waals surface area contributed by atoms with Gasteiger partial charge in [0.1, 0.15) is 17.6 Å². The van der Waals surface area contributed by atoms with Crippen molar-refractivity contribution in [1.29, 1.82) is 0 Å². The molecule has 0 radical (unpaired) electrons. The van der Waals surface area contributed by atoms with Gasteiger partial charge in [0.2, 0.25) is 0 Å². The van der Waals surface area contributed by atoms with Gasteiger partial charge in [-0.05, 0) is 19.1 Å². The second kappa shape index (κ2) is 4.67. The molecule has 0 saturated carbocycles. The summed E-state index contributed by atoms with van der Waals surface area (Å²) < 4.78 is 5.46. The van der Waals surface area contributed by atoms with E-state index in [2.05, 4.69) is 5.32 Å². The van der Waals surface area contributed by atoms with Crippen LogP contribution in [0.2, 0.25) is 0 Å². The van der Waals surface area contributed by atoms with Crippen molar-refractivity contribution in [3.05, 3.63) is 23.7 Å². The van der Waals surface area contributed by atoms with E-state index in [1.165, 1.54) is 0 Å². The minimum atomic E-state index is -0.782. The SMILES string of the molecule is Cc1ccc(CN2CCNCC2C(=O)O)o1. The Hall–Kier alpha value is -1.33. The van der Waals surface area contributed by atoms with Crippen LogP contribution in [0.5, 0.6) is 0 Å². The number of furan rings is 1. The van der Waals surface area contributed by atoms with Gasteiger partial charge in [-0.1, -0.05) is 0 Å². The van der Waals surface area contributed by atoms with E-state index in [9.17, 15) is 4.79 Å². The fourth-order valence-corrected chi connectivity index (χ4v) is 1.95. The van der Waals surface area contributed by atoms with E-state index < -0.39 is 12.0 Å². The fourth-order valence-electron chi connectivity index (χ4n) is 1.95. The molecule has 1 aromatic heterocycles. The van der Waals surface area contributed by atoms with Crippen LogP contribution in [0, 0.1) is 6.92 Å². The molecule has 1 fully saturated rings. The zero-order chi connectivity index (χ0) is 11.5. The maximum absolute atomic E-state index is 11.0. The number of hydrogen-bond donors (Lipinski definition) is 2. The van der Waals surface area contributed by atoms with Crippen LogP contribution in [0.3, 0.4) is 0 Å². The number of carboxylic acid groups (broad SMARTS) is 1. The predicted octanol–water partition coefficient (Wildman–Crippen LogP) is 0.446. The van der Waals surface area contributed by atoms with Gasteiger partial charge in [0.15, 0.2) is 0 Å². The molecule has 0 amide bonds. The van der Waals surface area contributed by atoms with Crippen LogP contribution in [0.4, 0.5) is 0 Å². The number of carbonyl (C=O) groups is 1. The summed E-state index contributed by atoms with van der Waals surface area (Å²) in [5, 5.41) is 12.2. The highest BCUT2D eigenvalue weighted by Gasteiger charge is 2.28. The number of aryl methyl sites for hydroxylation is 1. The summed E-state index contributed by atoms with van der Waals surface area (Å²) in [5.74, 6) is 0.901. The Morgan fingerprint density at radius 1 is 1.69 bits per heavy atom. The summed E-state index contributed by atoms with van der Waals surface area (Å²) >= 11 is 0. The van der Waals surface area contributed by atoms with Gasteiger partial charge in [0.25, 0.3) is 0 Å². The number of carboxylic acids is 1. The lowest BCUT2D eigenvalue weighted by Gasteiger charge is -2.32. The molecule has 1 aromatic rings. The Balaban J connectivity index is 2.03. The monoisotopic (exact) mass is 224 g/mol. The van der Waals surface area contributed by atoms with Crippen LogP contribution in [-0.4, -0.2) is 41.7 Å². The zero-order valence-corrected chi connectivity index (χ0v) is 9.27. The van der Waals surface area contributed by atoms with Crippen molar-refractivity contribution in [3.8, 4) is 0 Å². The molecule has 0 aromatic carbocycles. The van der Waals surface area contributed by atoms with E-state index in [1.807, 2.05) is 24.0 Å². The molecule has 0 aliphatic carbocycles. The highest BCUT2D eigenvalue weighted by atomic mass is 16.4. The Bertz CT molecular complexity index is 375. The van der Waals surface area contributed by atoms with Crippen molar-refractivity contribution in [2.75, 3.05) is 19.6 Å². The fraction of sp³-hybridized carbons (Fsp3) is 0.545. The van der Waals surface area contributed by atoms with Crippen LogP contribution in [0.15, 0.2) is 16.5 Å². The third kappa shape index (κ3) is 2.43. The molecule has 0 spiro atoms. The first-order valence-electron chi connectivity index (χ1n) is 5.39. The molecule has 1 atom stereocenters. The predicted molar refractivity (Wildman–Crippen MR) is 58.1 cm³/mol. The van der Waals surface area contributed by atoms with Gasteiger partial charge >= 0.3 is 5.97 Å². The Labute approximate surface area is 94.0 Å². The standard InChI is InChI=1S/C11H16N2O3/c1-8-2-3-9(16-8)7-13-5-4-12-6-10(13)11(14)15/h2-3,10,12H,4-7H2,1H3,(H,14,15). The van der Waals surface area contributed by atoms with Crippen LogP contribution >= 0.6 is 0 Å². The number of aliphatic carboxylic acids is 1. The van der Waals surface area contributed by atoms with E-state index in [-0.39, 0.29) is 0 Å². The van der Waals surface area contributed by atoms with Crippen molar-refractivity contribution >= 4 is 5.97 Å². The maximum Gasteiger partial charge on any atom is 0.322 e. The molecule has 5 nitrogen and oxygen atoms in total. The molecule has 5 heteroatoms. The molecule has 1 aliphatic heterocycles. The summed E-state index contributed by atoms with van der Waals surface area (Å²) in [5.41, 5.74) is 0. The Morgan fingerprint density at radius 2 is 2.50 bits per heavy atom.